The van der Waals surface area contributed by atoms with Gasteiger partial charge in [0.05, 0.1) is 12.5 Å². The first-order valence-corrected chi connectivity index (χ1v) is 9.79. The van der Waals surface area contributed by atoms with Crippen molar-refractivity contribution < 1.29 is 4.79 Å². The predicted molar refractivity (Wildman–Crippen MR) is 110 cm³/mol. The molecule has 2 heteroatoms. The summed E-state index contributed by atoms with van der Waals surface area (Å²) in [5, 5.41) is 3.24. The molecule has 0 aromatic heterocycles. The second-order valence-corrected chi connectivity index (χ2v) is 7.31. The van der Waals surface area contributed by atoms with Crippen molar-refractivity contribution in [3.8, 4) is 0 Å². The van der Waals surface area contributed by atoms with E-state index in [1.165, 1.54) is 30.4 Å². The molecule has 0 saturated heterocycles. The molecular weight excluding hydrogens is 330 g/mol. The van der Waals surface area contributed by atoms with Crippen LogP contribution >= 0.6 is 0 Å². The molecule has 4 rings (SSSR count). The van der Waals surface area contributed by atoms with E-state index in [-0.39, 0.29) is 11.9 Å². The lowest BCUT2D eigenvalue weighted by atomic mass is 9.90. The van der Waals surface area contributed by atoms with Crippen LogP contribution in [0.5, 0.6) is 0 Å². The summed E-state index contributed by atoms with van der Waals surface area (Å²) in [5.41, 5.74) is 6.18. The second-order valence-electron chi connectivity index (χ2n) is 7.31. The molecule has 3 aromatic carbocycles. The summed E-state index contributed by atoms with van der Waals surface area (Å²) in [6.07, 6.45) is 5.27. The average Bonchev–Trinajstić information content (AvgIpc) is 2.73. The number of aryl methyl sites for hydroxylation is 2. The van der Waals surface area contributed by atoms with Crippen molar-refractivity contribution in [3.05, 3.63) is 107 Å². The number of nitrogens with one attached hydrogen (secondary N) is 1. The molecule has 0 radical (unpaired) electrons. The van der Waals surface area contributed by atoms with Gasteiger partial charge in [0.1, 0.15) is 0 Å². The van der Waals surface area contributed by atoms with Crippen LogP contribution in [-0.2, 0) is 24.1 Å². The third-order valence-electron chi connectivity index (χ3n) is 5.35. The summed E-state index contributed by atoms with van der Waals surface area (Å²) in [5.74, 6) is 0.0588. The number of amides is 1. The molecule has 0 spiro atoms. The number of carbonyl (C=O) groups is 1. The molecule has 0 fully saturated rings. The first-order valence-electron chi connectivity index (χ1n) is 9.79. The lowest BCUT2D eigenvalue weighted by Crippen LogP contribution is -2.30. The molecule has 0 heterocycles. The molecule has 0 aliphatic heterocycles. The lowest BCUT2D eigenvalue weighted by Gasteiger charge is -2.20. The van der Waals surface area contributed by atoms with Crippen molar-refractivity contribution in [1.29, 1.82) is 0 Å². The van der Waals surface area contributed by atoms with E-state index < -0.39 is 0 Å². The summed E-state index contributed by atoms with van der Waals surface area (Å²) >= 11 is 0. The first kappa shape index (κ1) is 17.5. The van der Waals surface area contributed by atoms with Crippen molar-refractivity contribution in [1.82, 2.24) is 5.32 Å². The number of hydrogen-bond acceptors (Lipinski definition) is 1. The van der Waals surface area contributed by atoms with Crippen molar-refractivity contribution in [2.24, 2.45) is 0 Å². The quantitative estimate of drug-likeness (QED) is 0.684. The molecule has 1 amide bonds. The van der Waals surface area contributed by atoms with Crippen LogP contribution in [-0.4, -0.2) is 5.91 Å². The Kier molecular flexibility index (Phi) is 5.34. The Morgan fingerprint density at radius 3 is 2.00 bits per heavy atom. The minimum atomic E-state index is -0.127. The average molecular weight is 355 g/mol. The van der Waals surface area contributed by atoms with Gasteiger partial charge in [-0.1, -0.05) is 78.9 Å². The van der Waals surface area contributed by atoms with Gasteiger partial charge in [0.25, 0.3) is 0 Å². The molecule has 1 N–H and O–H groups in total. The van der Waals surface area contributed by atoms with E-state index in [1.54, 1.807) is 0 Å². The standard InChI is InChI=1S/C25H25NO/c27-24(18-19-15-16-20-9-7-8-14-23(20)17-19)26-25(21-10-3-1-4-11-21)22-12-5-2-6-13-22/h1-6,10-13,15-17,25H,7-9,14,18H2,(H,26,27). The zero-order valence-electron chi connectivity index (χ0n) is 15.5. The largest absolute Gasteiger partial charge is 0.345 e. The van der Waals surface area contributed by atoms with Crippen molar-refractivity contribution in [2.75, 3.05) is 0 Å². The van der Waals surface area contributed by atoms with Gasteiger partial charge in [-0.15, -0.1) is 0 Å². The third-order valence-corrected chi connectivity index (χ3v) is 5.35. The molecule has 0 atom stereocenters. The highest BCUT2D eigenvalue weighted by Gasteiger charge is 2.17. The van der Waals surface area contributed by atoms with Crippen LogP contribution in [0.1, 0.15) is 46.7 Å². The van der Waals surface area contributed by atoms with Crippen LogP contribution in [0, 0.1) is 0 Å². The fourth-order valence-corrected chi connectivity index (χ4v) is 3.94. The van der Waals surface area contributed by atoms with Crippen LogP contribution in [0.15, 0.2) is 78.9 Å². The lowest BCUT2D eigenvalue weighted by molar-refractivity contribution is -0.120. The first-order chi connectivity index (χ1) is 13.3. The smallest absolute Gasteiger partial charge is 0.225 e. The number of hydrogen-bond donors (Lipinski definition) is 1. The second kappa shape index (κ2) is 8.22. The molecule has 0 saturated carbocycles. The maximum Gasteiger partial charge on any atom is 0.225 e. The van der Waals surface area contributed by atoms with E-state index >= 15 is 0 Å². The fourth-order valence-electron chi connectivity index (χ4n) is 3.94. The number of benzene rings is 3. The van der Waals surface area contributed by atoms with Crippen LogP contribution < -0.4 is 5.32 Å². The third kappa shape index (κ3) is 4.28. The number of fused-ring (bicyclic) bond motifs is 1. The Labute approximate surface area is 161 Å². The molecule has 136 valence electrons. The summed E-state index contributed by atoms with van der Waals surface area (Å²) in [6.45, 7) is 0. The van der Waals surface area contributed by atoms with Gasteiger partial charge in [0.15, 0.2) is 0 Å². The molecular formula is C25H25NO. The van der Waals surface area contributed by atoms with Gasteiger partial charge in [0.2, 0.25) is 5.91 Å². The van der Waals surface area contributed by atoms with E-state index in [0.717, 1.165) is 23.1 Å². The summed E-state index contributed by atoms with van der Waals surface area (Å²) in [6, 6.07) is 26.8. The maximum atomic E-state index is 12.8. The maximum absolute atomic E-state index is 12.8. The normalized spacial score (nSPS) is 13.2. The van der Waals surface area contributed by atoms with Crippen LogP contribution in [0.25, 0.3) is 0 Å². The van der Waals surface area contributed by atoms with Gasteiger partial charge in [0, 0.05) is 0 Å². The van der Waals surface area contributed by atoms with Gasteiger partial charge in [-0.25, -0.2) is 0 Å². The zero-order chi connectivity index (χ0) is 18.5. The predicted octanol–water partition coefficient (Wildman–Crippen LogP) is 5.01. The van der Waals surface area contributed by atoms with Gasteiger partial charge in [-0.2, -0.15) is 0 Å². The van der Waals surface area contributed by atoms with E-state index in [1.807, 2.05) is 36.4 Å². The topological polar surface area (TPSA) is 29.1 Å². The van der Waals surface area contributed by atoms with E-state index in [9.17, 15) is 4.79 Å². The molecule has 0 bridgehead atoms. The monoisotopic (exact) mass is 355 g/mol. The number of rotatable bonds is 5. The molecule has 1 aliphatic carbocycles. The Bertz CT molecular complexity index is 863. The Balaban J connectivity index is 1.52. The van der Waals surface area contributed by atoms with Crippen molar-refractivity contribution >= 4 is 5.91 Å². The minimum absolute atomic E-state index is 0.0588. The fraction of sp³-hybridized carbons (Fsp3) is 0.240. The highest BCUT2D eigenvalue weighted by atomic mass is 16.1. The summed E-state index contributed by atoms with van der Waals surface area (Å²) in [7, 11) is 0. The Morgan fingerprint density at radius 2 is 1.37 bits per heavy atom. The zero-order valence-corrected chi connectivity index (χ0v) is 15.5. The van der Waals surface area contributed by atoms with E-state index in [4.69, 9.17) is 0 Å². The van der Waals surface area contributed by atoms with Crippen molar-refractivity contribution in [2.45, 2.75) is 38.1 Å². The van der Waals surface area contributed by atoms with E-state index in [2.05, 4.69) is 47.8 Å². The van der Waals surface area contributed by atoms with E-state index in [0.29, 0.717) is 6.42 Å². The van der Waals surface area contributed by atoms with Gasteiger partial charge in [-0.05, 0) is 53.5 Å². The minimum Gasteiger partial charge on any atom is -0.345 e. The van der Waals surface area contributed by atoms with Crippen LogP contribution in [0.2, 0.25) is 0 Å². The van der Waals surface area contributed by atoms with Gasteiger partial charge >= 0.3 is 0 Å². The Hall–Kier alpha value is -2.87. The summed E-state index contributed by atoms with van der Waals surface area (Å²) < 4.78 is 0. The molecule has 27 heavy (non-hydrogen) atoms. The van der Waals surface area contributed by atoms with Crippen molar-refractivity contribution in [3.63, 3.8) is 0 Å². The van der Waals surface area contributed by atoms with Gasteiger partial charge < -0.3 is 5.32 Å². The molecule has 0 unspecified atom stereocenters. The summed E-state index contributed by atoms with van der Waals surface area (Å²) in [4.78, 5) is 12.8. The number of carbonyl (C=O) groups excluding carboxylic acids is 1. The highest BCUT2D eigenvalue weighted by Crippen LogP contribution is 2.24. The molecule has 2 nitrogen and oxygen atoms in total. The van der Waals surface area contributed by atoms with Gasteiger partial charge in [-0.3, -0.25) is 4.79 Å². The molecule has 3 aromatic rings. The van der Waals surface area contributed by atoms with Crippen LogP contribution in [0.3, 0.4) is 0 Å². The SMILES string of the molecule is O=C(Cc1ccc2c(c1)CCCC2)NC(c1ccccc1)c1ccccc1. The highest BCUT2D eigenvalue weighted by molar-refractivity contribution is 5.79. The molecule has 1 aliphatic rings. The Morgan fingerprint density at radius 1 is 0.778 bits per heavy atom. The van der Waals surface area contributed by atoms with Crippen LogP contribution in [0.4, 0.5) is 0 Å².